The van der Waals surface area contributed by atoms with Gasteiger partial charge in [-0.05, 0) is 25.0 Å². The molecule has 0 amide bonds. The maximum absolute atomic E-state index is 11.6. The second-order valence-corrected chi connectivity index (χ2v) is 4.59. The third-order valence-corrected chi connectivity index (χ3v) is 3.33. The molecular formula is C13H16N2O3. The van der Waals surface area contributed by atoms with Gasteiger partial charge in [0.15, 0.2) is 0 Å². The molecule has 2 heterocycles. The predicted molar refractivity (Wildman–Crippen MR) is 68.0 cm³/mol. The van der Waals surface area contributed by atoms with E-state index < -0.39 is 0 Å². The third-order valence-electron chi connectivity index (χ3n) is 3.33. The summed E-state index contributed by atoms with van der Waals surface area (Å²) in [5, 5.41) is 0. The number of aromatic nitrogens is 2. The van der Waals surface area contributed by atoms with E-state index in [-0.39, 0.29) is 11.8 Å². The van der Waals surface area contributed by atoms with Crippen LogP contribution in [0.25, 0.3) is 11.0 Å². The monoisotopic (exact) mass is 248 g/mol. The Bertz CT molecular complexity index is 608. The zero-order chi connectivity index (χ0) is 12.5. The summed E-state index contributed by atoms with van der Waals surface area (Å²) in [4.78, 5) is 14.4. The van der Waals surface area contributed by atoms with Gasteiger partial charge in [-0.1, -0.05) is 6.07 Å². The lowest BCUT2D eigenvalue weighted by Gasteiger charge is -2.12. The minimum absolute atomic E-state index is 0.127. The molecule has 1 aliphatic rings. The molecule has 96 valence electrons. The largest absolute Gasteiger partial charge is 0.489 e. The quantitative estimate of drug-likeness (QED) is 0.893. The van der Waals surface area contributed by atoms with Crippen molar-refractivity contribution in [1.29, 1.82) is 0 Å². The molecule has 0 bridgehead atoms. The molecular weight excluding hydrogens is 232 g/mol. The number of hydrogen-bond donors (Lipinski definition) is 1. The zero-order valence-corrected chi connectivity index (χ0v) is 10.3. The van der Waals surface area contributed by atoms with Gasteiger partial charge in [0, 0.05) is 13.7 Å². The van der Waals surface area contributed by atoms with Crippen LogP contribution in [-0.2, 0) is 11.8 Å². The van der Waals surface area contributed by atoms with Crippen molar-refractivity contribution >= 4 is 11.0 Å². The molecule has 5 nitrogen and oxygen atoms in total. The fraction of sp³-hybridized carbons (Fsp3) is 0.462. The smallest absolute Gasteiger partial charge is 0.326 e. The number of aromatic amines is 1. The standard InChI is InChI=1S/C13H16N2O3/c1-15-12-10(14-13(15)16)5-2-6-11(12)18-8-9-4-3-7-17-9/h2,5-6,9H,3-4,7-8H2,1H3,(H,14,16)/t9-/m1/s1. The highest BCUT2D eigenvalue weighted by molar-refractivity contribution is 5.81. The molecule has 1 aliphatic heterocycles. The summed E-state index contributed by atoms with van der Waals surface area (Å²) in [6.45, 7) is 1.36. The summed E-state index contributed by atoms with van der Waals surface area (Å²) in [5.74, 6) is 0.726. The van der Waals surface area contributed by atoms with E-state index in [1.54, 1.807) is 11.6 Å². The highest BCUT2D eigenvalue weighted by Crippen LogP contribution is 2.24. The van der Waals surface area contributed by atoms with Crippen LogP contribution in [0.4, 0.5) is 0 Å². The summed E-state index contributed by atoms with van der Waals surface area (Å²) in [6, 6.07) is 5.63. The number of benzene rings is 1. The van der Waals surface area contributed by atoms with Gasteiger partial charge in [-0.2, -0.15) is 0 Å². The highest BCUT2D eigenvalue weighted by atomic mass is 16.5. The fourth-order valence-electron chi connectivity index (χ4n) is 2.34. The third kappa shape index (κ3) is 1.90. The molecule has 1 N–H and O–H groups in total. The Morgan fingerprint density at radius 1 is 1.56 bits per heavy atom. The van der Waals surface area contributed by atoms with Crippen molar-refractivity contribution in [2.45, 2.75) is 18.9 Å². The molecule has 2 aromatic rings. The van der Waals surface area contributed by atoms with Crippen molar-refractivity contribution in [3.63, 3.8) is 0 Å². The maximum Gasteiger partial charge on any atom is 0.326 e. The summed E-state index contributed by atoms with van der Waals surface area (Å²) in [7, 11) is 1.74. The molecule has 0 aliphatic carbocycles. The van der Waals surface area contributed by atoms with Crippen LogP contribution in [0.5, 0.6) is 5.75 Å². The molecule has 3 rings (SSSR count). The highest BCUT2D eigenvalue weighted by Gasteiger charge is 2.17. The topological polar surface area (TPSA) is 56.2 Å². The molecule has 1 saturated heterocycles. The summed E-state index contributed by atoms with van der Waals surface area (Å²) >= 11 is 0. The van der Waals surface area contributed by atoms with Crippen molar-refractivity contribution in [2.75, 3.05) is 13.2 Å². The van der Waals surface area contributed by atoms with Gasteiger partial charge in [-0.15, -0.1) is 0 Å². The molecule has 1 aromatic heterocycles. The van der Waals surface area contributed by atoms with Crippen LogP contribution < -0.4 is 10.4 Å². The van der Waals surface area contributed by atoms with Crippen molar-refractivity contribution in [3.8, 4) is 5.75 Å². The Labute approximate surface area is 104 Å². The molecule has 18 heavy (non-hydrogen) atoms. The van der Waals surface area contributed by atoms with Crippen LogP contribution in [0.3, 0.4) is 0 Å². The van der Waals surface area contributed by atoms with E-state index >= 15 is 0 Å². The first kappa shape index (κ1) is 11.3. The molecule has 0 saturated carbocycles. The normalized spacial score (nSPS) is 19.5. The number of hydrogen-bond acceptors (Lipinski definition) is 3. The van der Waals surface area contributed by atoms with Crippen molar-refractivity contribution < 1.29 is 9.47 Å². The Morgan fingerprint density at radius 3 is 3.22 bits per heavy atom. The number of rotatable bonds is 3. The predicted octanol–water partition coefficient (Wildman–Crippen LogP) is 1.42. The number of H-pyrrole nitrogens is 1. The first-order chi connectivity index (χ1) is 8.75. The van der Waals surface area contributed by atoms with Crippen LogP contribution in [0.1, 0.15) is 12.8 Å². The summed E-state index contributed by atoms with van der Waals surface area (Å²) < 4.78 is 12.9. The number of para-hydroxylation sites is 1. The molecule has 0 spiro atoms. The van der Waals surface area contributed by atoms with E-state index in [2.05, 4.69) is 4.98 Å². The summed E-state index contributed by atoms with van der Waals surface area (Å²) in [6.07, 6.45) is 2.32. The average molecular weight is 248 g/mol. The van der Waals surface area contributed by atoms with Gasteiger partial charge in [0.1, 0.15) is 17.9 Å². The van der Waals surface area contributed by atoms with Crippen LogP contribution in [0.2, 0.25) is 0 Å². The van der Waals surface area contributed by atoms with Crippen LogP contribution in [0.15, 0.2) is 23.0 Å². The van der Waals surface area contributed by atoms with Crippen LogP contribution >= 0.6 is 0 Å². The maximum atomic E-state index is 11.6. The lowest BCUT2D eigenvalue weighted by molar-refractivity contribution is 0.0684. The van der Waals surface area contributed by atoms with Crippen molar-refractivity contribution in [2.24, 2.45) is 7.05 Å². The Hall–Kier alpha value is -1.75. The van der Waals surface area contributed by atoms with Gasteiger partial charge in [0.2, 0.25) is 0 Å². The fourth-order valence-corrected chi connectivity index (χ4v) is 2.34. The Kier molecular flexibility index (Phi) is 2.83. The first-order valence-corrected chi connectivity index (χ1v) is 6.18. The number of ether oxygens (including phenoxy) is 2. The molecule has 0 radical (unpaired) electrons. The van der Waals surface area contributed by atoms with Gasteiger partial charge in [-0.3, -0.25) is 4.57 Å². The number of nitrogens with one attached hydrogen (secondary N) is 1. The first-order valence-electron chi connectivity index (χ1n) is 6.18. The molecule has 1 aromatic carbocycles. The SMILES string of the molecule is Cn1c(=O)[nH]c2cccc(OC[C@H]3CCCO3)c21. The van der Waals surface area contributed by atoms with Crippen LogP contribution in [0, 0.1) is 0 Å². The number of nitrogens with zero attached hydrogens (tertiary/aromatic N) is 1. The lowest BCUT2D eigenvalue weighted by Crippen LogP contribution is -2.17. The second kappa shape index (κ2) is 4.49. The Morgan fingerprint density at radius 2 is 2.44 bits per heavy atom. The average Bonchev–Trinajstić information content (AvgIpc) is 2.97. The van der Waals surface area contributed by atoms with Crippen molar-refractivity contribution in [1.82, 2.24) is 9.55 Å². The molecule has 1 atom stereocenters. The van der Waals surface area contributed by atoms with Gasteiger partial charge in [0.25, 0.3) is 0 Å². The van der Waals surface area contributed by atoms with E-state index in [0.717, 1.165) is 36.2 Å². The number of imidazole rings is 1. The van der Waals surface area contributed by atoms with E-state index in [1.165, 1.54) is 0 Å². The lowest BCUT2D eigenvalue weighted by atomic mass is 10.2. The molecule has 0 unspecified atom stereocenters. The van der Waals surface area contributed by atoms with Gasteiger partial charge in [-0.25, -0.2) is 4.79 Å². The zero-order valence-electron chi connectivity index (χ0n) is 10.3. The van der Waals surface area contributed by atoms with E-state index in [1.807, 2.05) is 18.2 Å². The Balaban J connectivity index is 1.88. The number of fused-ring (bicyclic) bond motifs is 1. The van der Waals surface area contributed by atoms with Gasteiger partial charge in [0.05, 0.1) is 11.6 Å². The molecule has 5 heteroatoms. The minimum Gasteiger partial charge on any atom is -0.489 e. The second-order valence-electron chi connectivity index (χ2n) is 4.59. The van der Waals surface area contributed by atoms with Crippen LogP contribution in [-0.4, -0.2) is 28.9 Å². The summed E-state index contributed by atoms with van der Waals surface area (Å²) in [5.41, 5.74) is 1.48. The van der Waals surface area contributed by atoms with E-state index in [0.29, 0.717) is 6.61 Å². The minimum atomic E-state index is -0.127. The van der Waals surface area contributed by atoms with Gasteiger partial charge >= 0.3 is 5.69 Å². The van der Waals surface area contributed by atoms with E-state index in [4.69, 9.17) is 9.47 Å². The van der Waals surface area contributed by atoms with E-state index in [9.17, 15) is 4.79 Å². The van der Waals surface area contributed by atoms with Gasteiger partial charge < -0.3 is 14.5 Å². The molecule has 1 fully saturated rings. The number of aryl methyl sites for hydroxylation is 1. The van der Waals surface area contributed by atoms with Crippen molar-refractivity contribution in [3.05, 3.63) is 28.7 Å².